The monoisotopic (exact) mass is 336 g/mol. The molecule has 126 valence electrons. The first-order valence-corrected chi connectivity index (χ1v) is 8.90. The Balaban J connectivity index is 1.63. The van der Waals surface area contributed by atoms with E-state index < -0.39 is 0 Å². The summed E-state index contributed by atoms with van der Waals surface area (Å²) in [4.78, 5) is 35.2. The van der Waals surface area contributed by atoms with Crippen molar-refractivity contribution >= 4 is 23.2 Å². The van der Waals surface area contributed by atoms with E-state index in [-0.39, 0.29) is 17.2 Å². The van der Waals surface area contributed by atoms with Crippen LogP contribution in [0.4, 0.5) is 0 Å². The molecule has 23 heavy (non-hydrogen) atoms. The quantitative estimate of drug-likeness (QED) is 0.822. The first-order valence-electron chi connectivity index (χ1n) is 8.02. The highest BCUT2D eigenvalue weighted by molar-refractivity contribution is 7.09. The average Bonchev–Trinajstić information content (AvgIpc) is 3.16. The topological polar surface area (TPSA) is 56.8 Å². The molecule has 3 heterocycles. The lowest BCUT2D eigenvalue weighted by molar-refractivity contribution is -0.137. The van der Waals surface area contributed by atoms with E-state index in [0.717, 1.165) is 30.1 Å². The van der Waals surface area contributed by atoms with Gasteiger partial charge in [0.25, 0.3) is 0 Å². The van der Waals surface area contributed by atoms with Crippen LogP contribution in [-0.2, 0) is 16.1 Å². The summed E-state index contributed by atoms with van der Waals surface area (Å²) in [6.07, 6.45) is 1.64. The molecule has 1 aromatic rings. The summed E-state index contributed by atoms with van der Waals surface area (Å²) < 4.78 is 0. The molecule has 7 heteroatoms. The molecule has 2 amide bonds. The van der Waals surface area contributed by atoms with Crippen molar-refractivity contribution in [3.8, 4) is 0 Å². The standard InChI is InChI=1S/C16H24N4O2S/c1-12-17-13(10-23-12)8-19-6-4-16(15(19)22)5-7-20(11-16)14(21)9-18(2)3/h10H,4-9,11H2,1-3H3/t16-/m0/s1. The zero-order valence-electron chi connectivity index (χ0n) is 14.0. The molecule has 3 rings (SSSR count). The normalized spacial score (nSPS) is 24.4. The number of aromatic nitrogens is 1. The SMILES string of the molecule is Cc1nc(CN2CC[C@@]3(CCN(C(=O)CN(C)C)C3)C2=O)cs1. The third kappa shape index (κ3) is 3.26. The van der Waals surface area contributed by atoms with Crippen molar-refractivity contribution in [2.24, 2.45) is 5.41 Å². The molecule has 2 fully saturated rings. The van der Waals surface area contributed by atoms with Crippen molar-refractivity contribution < 1.29 is 9.59 Å². The minimum Gasteiger partial charge on any atom is -0.340 e. The molecule has 1 aromatic heterocycles. The number of likely N-dealkylation sites (N-methyl/N-ethyl adjacent to an activating group) is 1. The maximum Gasteiger partial charge on any atom is 0.236 e. The summed E-state index contributed by atoms with van der Waals surface area (Å²) in [5.41, 5.74) is 0.615. The van der Waals surface area contributed by atoms with E-state index in [0.29, 0.717) is 26.2 Å². The first kappa shape index (κ1) is 16.4. The van der Waals surface area contributed by atoms with Crippen molar-refractivity contribution in [3.63, 3.8) is 0 Å². The molecule has 6 nitrogen and oxygen atoms in total. The Bertz CT molecular complexity index is 615. The van der Waals surface area contributed by atoms with Crippen LogP contribution in [0.25, 0.3) is 0 Å². The van der Waals surface area contributed by atoms with Gasteiger partial charge >= 0.3 is 0 Å². The van der Waals surface area contributed by atoms with Crippen LogP contribution in [0.3, 0.4) is 0 Å². The van der Waals surface area contributed by atoms with E-state index in [1.54, 1.807) is 11.3 Å². The van der Waals surface area contributed by atoms with Crippen molar-refractivity contribution in [1.29, 1.82) is 0 Å². The Hall–Kier alpha value is -1.47. The van der Waals surface area contributed by atoms with E-state index >= 15 is 0 Å². The van der Waals surface area contributed by atoms with Crippen molar-refractivity contribution in [2.45, 2.75) is 26.3 Å². The van der Waals surface area contributed by atoms with Crippen molar-refractivity contribution in [1.82, 2.24) is 19.7 Å². The number of aryl methyl sites for hydroxylation is 1. The van der Waals surface area contributed by atoms with Gasteiger partial charge in [0.05, 0.1) is 29.2 Å². The molecule has 0 N–H and O–H groups in total. The van der Waals surface area contributed by atoms with Crippen LogP contribution in [0.1, 0.15) is 23.5 Å². The predicted octanol–water partition coefficient (Wildman–Crippen LogP) is 0.964. The lowest BCUT2D eigenvalue weighted by Gasteiger charge is -2.24. The highest BCUT2D eigenvalue weighted by atomic mass is 32.1. The third-order valence-electron chi connectivity index (χ3n) is 4.78. The number of thiazole rings is 1. The molecular formula is C16H24N4O2S. The van der Waals surface area contributed by atoms with Gasteiger partial charge in [0.2, 0.25) is 11.8 Å². The van der Waals surface area contributed by atoms with Crippen LogP contribution in [-0.4, -0.2) is 71.8 Å². The van der Waals surface area contributed by atoms with Gasteiger partial charge in [0.1, 0.15) is 0 Å². The van der Waals surface area contributed by atoms with Crippen LogP contribution in [0, 0.1) is 12.3 Å². The Morgan fingerprint density at radius 2 is 2.13 bits per heavy atom. The van der Waals surface area contributed by atoms with Gasteiger partial charge in [0.15, 0.2) is 0 Å². The fourth-order valence-corrected chi connectivity index (χ4v) is 4.16. The number of amides is 2. The van der Waals surface area contributed by atoms with Gasteiger partial charge in [-0.2, -0.15) is 0 Å². The summed E-state index contributed by atoms with van der Waals surface area (Å²) >= 11 is 1.62. The van der Waals surface area contributed by atoms with E-state index in [1.807, 2.05) is 41.1 Å². The van der Waals surface area contributed by atoms with Crippen LogP contribution < -0.4 is 0 Å². The Kier molecular flexibility index (Phi) is 4.42. The Labute approximate surface area is 141 Å². The zero-order chi connectivity index (χ0) is 16.6. The third-order valence-corrected chi connectivity index (χ3v) is 5.60. The molecule has 0 aliphatic carbocycles. The summed E-state index contributed by atoms with van der Waals surface area (Å²) in [6, 6.07) is 0. The number of hydrogen-bond donors (Lipinski definition) is 0. The minimum absolute atomic E-state index is 0.119. The second-order valence-electron chi connectivity index (χ2n) is 6.92. The molecule has 0 saturated carbocycles. The molecule has 0 unspecified atom stereocenters. The Morgan fingerprint density at radius 3 is 2.78 bits per heavy atom. The van der Waals surface area contributed by atoms with Gasteiger partial charge in [0, 0.05) is 25.0 Å². The number of rotatable bonds is 4. The number of carbonyl (C=O) groups is 2. The fraction of sp³-hybridized carbons (Fsp3) is 0.688. The molecular weight excluding hydrogens is 312 g/mol. The van der Waals surface area contributed by atoms with Gasteiger partial charge < -0.3 is 14.7 Å². The van der Waals surface area contributed by atoms with Gasteiger partial charge in [-0.1, -0.05) is 0 Å². The van der Waals surface area contributed by atoms with Gasteiger partial charge in [-0.3, -0.25) is 9.59 Å². The summed E-state index contributed by atoms with van der Waals surface area (Å²) in [7, 11) is 3.78. The van der Waals surface area contributed by atoms with Gasteiger partial charge in [-0.15, -0.1) is 11.3 Å². The predicted molar refractivity (Wildman–Crippen MR) is 89.1 cm³/mol. The van der Waals surface area contributed by atoms with Crippen molar-refractivity contribution in [3.05, 3.63) is 16.1 Å². The van der Waals surface area contributed by atoms with Gasteiger partial charge in [-0.25, -0.2) is 4.98 Å². The van der Waals surface area contributed by atoms with E-state index in [2.05, 4.69) is 4.98 Å². The maximum absolute atomic E-state index is 12.9. The summed E-state index contributed by atoms with van der Waals surface area (Å²) in [5.74, 6) is 0.316. The molecule has 0 aromatic carbocycles. The Morgan fingerprint density at radius 1 is 1.39 bits per heavy atom. The van der Waals surface area contributed by atoms with E-state index in [9.17, 15) is 9.59 Å². The van der Waals surface area contributed by atoms with E-state index in [1.165, 1.54) is 0 Å². The fourth-order valence-electron chi connectivity index (χ4n) is 3.55. The molecule has 2 saturated heterocycles. The second-order valence-corrected chi connectivity index (χ2v) is 7.98. The largest absolute Gasteiger partial charge is 0.340 e. The van der Waals surface area contributed by atoms with Crippen molar-refractivity contribution in [2.75, 3.05) is 40.3 Å². The summed E-state index contributed by atoms with van der Waals surface area (Å²) in [6.45, 7) is 5.02. The lowest BCUT2D eigenvalue weighted by atomic mass is 9.85. The highest BCUT2D eigenvalue weighted by Crippen LogP contribution is 2.41. The minimum atomic E-state index is -0.354. The molecule has 2 aliphatic rings. The first-order chi connectivity index (χ1) is 10.9. The smallest absolute Gasteiger partial charge is 0.236 e. The number of hydrogen-bond acceptors (Lipinski definition) is 5. The molecule has 1 spiro atoms. The van der Waals surface area contributed by atoms with Crippen LogP contribution in [0.15, 0.2) is 5.38 Å². The van der Waals surface area contributed by atoms with Crippen LogP contribution in [0.5, 0.6) is 0 Å². The molecule has 2 aliphatic heterocycles. The number of carbonyl (C=O) groups excluding carboxylic acids is 2. The van der Waals surface area contributed by atoms with Crippen LogP contribution in [0.2, 0.25) is 0 Å². The maximum atomic E-state index is 12.9. The summed E-state index contributed by atoms with van der Waals surface area (Å²) in [5, 5.41) is 3.05. The number of likely N-dealkylation sites (tertiary alicyclic amines) is 2. The molecule has 1 atom stereocenters. The molecule has 0 radical (unpaired) electrons. The molecule has 0 bridgehead atoms. The lowest BCUT2D eigenvalue weighted by Crippen LogP contribution is -2.40. The number of nitrogens with zero attached hydrogens (tertiary/aromatic N) is 4. The van der Waals surface area contributed by atoms with Crippen LogP contribution >= 0.6 is 11.3 Å². The zero-order valence-corrected chi connectivity index (χ0v) is 14.9. The highest BCUT2D eigenvalue weighted by Gasteiger charge is 2.51. The average molecular weight is 336 g/mol. The van der Waals surface area contributed by atoms with E-state index in [4.69, 9.17) is 0 Å². The second kappa shape index (κ2) is 6.20. The van der Waals surface area contributed by atoms with Gasteiger partial charge in [-0.05, 0) is 33.9 Å².